The van der Waals surface area contributed by atoms with Crippen molar-refractivity contribution in [2.24, 2.45) is 0 Å². The van der Waals surface area contributed by atoms with Crippen molar-refractivity contribution in [3.8, 4) is 0 Å². The maximum Gasteiger partial charge on any atom is 0.175 e. The Morgan fingerprint density at radius 2 is 2.21 bits per heavy atom. The van der Waals surface area contributed by atoms with E-state index in [0.29, 0.717) is 5.69 Å². The number of hydrogen-bond donors (Lipinski definition) is 1. The monoisotopic (exact) mass is 205 g/mol. The van der Waals surface area contributed by atoms with Gasteiger partial charge in [-0.25, -0.2) is 0 Å². The molecule has 0 unspecified atom stereocenters. The van der Waals surface area contributed by atoms with Gasteiger partial charge in [0.25, 0.3) is 0 Å². The highest BCUT2D eigenvalue weighted by Crippen LogP contribution is 2.26. The molecule has 2 aromatic rings. The van der Waals surface area contributed by atoms with Crippen LogP contribution in [0.1, 0.15) is 17.4 Å². The highest BCUT2D eigenvalue weighted by molar-refractivity contribution is 7.98. The van der Waals surface area contributed by atoms with E-state index >= 15 is 0 Å². The molecule has 0 aliphatic carbocycles. The predicted molar refractivity (Wildman–Crippen MR) is 60.1 cm³/mol. The summed E-state index contributed by atoms with van der Waals surface area (Å²) >= 11 is 1.69. The van der Waals surface area contributed by atoms with E-state index in [0.717, 1.165) is 10.9 Å². The minimum absolute atomic E-state index is 0.0771. The number of H-pyrrole nitrogens is 1. The topological polar surface area (TPSA) is 32.9 Å². The fourth-order valence-corrected chi connectivity index (χ4v) is 2.10. The summed E-state index contributed by atoms with van der Waals surface area (Å²) in [5.74, 6) is 0.0771. The molecule has 0 aliphatic heterocycles. The van der Waals surface area contributed by atoms with Gasteiger partial charge in [0.05, 0.1) is 5.69 Å². The maximum atomic E-state index is 11.2. The Morgan fingerprint density at radius 3 is 2.86 bits per heavy atom. The smallest absolute Gasteiger partial charge is 0.175 e. The Labute approximate surface area is 86.7 Å². The highest BCUT2D eigenvalue weighted by atomic mass is 32.2. The molecule has 0 saturated carbocycles. The van der Waals surface area contributed by atoms with Gasteiger partial charge in [-0.1, -0.05) is 6.07 Å². The highest BCUT2D eigenvalue weighted by Gasteiger charge is 2.06. The second-order valence-electron chi connectivity index (χ2n) is 3.16. The van der Waals surface area contributed by atoms with Gasteiger partial charge in [0.2, 0.25) is 0 Å². The molecule has 2 nitrogen and oxygen atoms in total. The number of carbonyl (C=O) groups is 1. The van der Waals surface area contributed by atoms with Crippen molar-refractivity contribution in [2.45, 2.75) is 11.8 Å². The van der Waals surface area contributed by atoms with Crippen LogP contribution in [0.15, 0.2) is 29.2 Å². The van der Waals surface area contributed by atoms with Gasteiger partial charge in [0, 0.05) is 22.7 Å². The van der Waals surface area contributed by atoms with Crippen LogP contribution in [0.3, 0.4) is 0 Å². The van der Waals surface area contributed by atoms with Crippen LogP contribution < -0.4 is 0 Å². The Morgan fingerprint density at radius 1 is 1.43 bits per heavy atom. The summed E-state index contributed by atoms with van der Waals surface area (Å²) in [5, 5.41) is 1.13. The predicted octanol–water partition coefficient (Wildman–Crippen LogP) is 3.09. The van der Waals surface area contributed by atoms with Gasteiger partial charge in [-0.15, -0.1) is 11.8 Å². The Kier molecular flexibility index (Phi) is 2.33. The molecule has 2 rings (SSSR count). The van der Waals surface area contributed by atoms with E-state index in [1.54, 1.807) is 18.7 Å². The van der Waals surface area contributed by atoms with Crippen LogP contribution in [0.2, 0.25) is 0 Å². The van der Waals surface area contributed by atoms with Gasteiger partial charge in [-0.3, -0.25) is 4.79 Å². The van der Waals surface area contributed by atoms with Crippen molar-refractivity contribution in [3.05, 3.63) is 30.0 Å². The van der Waals surface area contributed by atoms with E-state index in [1.807, 2.05) is 24.5 Å². The Hall–Kier alpha value is -1.22. The van der Waals surface area contributed by atoms with Crippen molar-refractivity contribution >= 4 is 28.4 Å². The lowest BCUT2D eigenvalue weighted by Crippen LogP contribution is -1.89. The number of Topliss-reactive ketones (excluding diaryl/α,β-unsaturated/α-hetero) is 1. The molecule has 0 aliphatic rings. The van der Waals surface area contributed by atoms with E-state index in [4.69, 9.17) is 0 Å². The first-order valence-corrected chi connectivity index (χ1v) is 5.61. The molecule has 14 heavy (non-hydrogen) atoms. The zero-order valence-corrected chi connectivity index (χ0v) is 8.94. The molecule has 0 atom stereocenters. The number of rotatable bonds is 2. The van der Waals surface area contributed by atoms with E-state index in [9.17, 15) is 4.79 Å². The van der Waals surface area contributed by atoms with Crippen LogP contribution in [-0.4, -0.2) is 17.0 Å². The molecule has 1 heterocycles. The van der Waals surface area contributed by atoms with E-state index in [2.05, 4.69) is 11.1 Å². The molecule has 0 radical (unpaired) electrons. The second kappa shape index (κ2) is 3.50. The molecule has 1 N–H and O–H groups in total. The van der Waals surface area contributed by atoms with Crippen LogP contribution in [0.5, 0.6) is 0 Å². The maximum absolute atomic E-state index is 11.2. The van der Waals surface area contributed by atoms with Crippen molar-refractivity contribution in [1.82, 2.24) is 4.98 Å². The first-order chi connectivity index (χ1) is 6.72. The Bertz CT molecular complexity index is 487. The molecule has 0 spiro atoms. The number of thioether (sulfide) groups is 1. The summed E-state index contributed by atoms with van der Waals surface area (Å²) in [6.07, 6.45) is 2.04. The van der Waals surface area contributed by atoms with Crippen LogP contribution in [-0.2, 0) is 0 Å². The molecule has 0 amide bonds. The van der Waals surface area contributed by atoms with Crippen LogP contribution in [0.25, 0.3) is 10.9 Å². The first kappa shape index (κ1) is 9.34. The molecule has 3 heteroatoms. The summed E-state index contributed by atoms with van der Waals surface area (Å²) in [5.41, 5.74) is 1.71. The zero-order chi connectivity index (χ0) is 10.1. The van der Waals surface area contributed by atoms with Gasteiger partial charge in [-0.05, 0) is 24.5 Å². The summed E-state index contributed by atoms with van der Waals surface area (Å²) in [7, 11) is 0. The van der Waals surface area contributed by atoms with Gasteiger partial charge in [-0.2, -0.15) is 0 Å². The van der Waals surface area contributed by atoms with Crippen molar-refractivity contribution < 1.29 is 4.79 Å². The molecule has 1 aromatic carbocycles. The van der Waals surface area contributed by atoms with Crippen LogP contribution in [0.4, 0.5) is 0 Å². The fraction of sp³-hybridized carbons (Fsp3) is 0.182. The van der Waals surface area contributed by atoms with Gasteiger partial charge in [0.15, 0.2) is 5.78 Å². The number of carbonyl (C=O) groups excluding carboxylic acids is 1. The van der Waals surface area contributed by atoms with Crippen molar-refractivity contribution in [3.63, 3.8) is 0 Å². The SMILES string of the molecule is CSc1cccc2[nH]c(C(C)=O)cc12. The van der Waals surface area contributed by atoms with Crippen molar-refractivity contribution in [2.75, 3.05) is 6.26 Å². The third-order valence-corrected chi connectivity index (χ3v) is 3.02. The Balaban J connectivity index is 2.70. The summed E-state index contributed by atoms with van der Waals surface area (Å²) in [4.78, 5) is 15.5. The summed E-state index contributed by atoms with van der Waals surface area (Å²) in [6, 6.07) is 7.96. The van der Waals surface area contributed by atoms with Gasteiger partial charge < -0.3 is 4.98 Å². The number of benzene rings is 1. The lowest BCUT2D eigenvalue weighted by Gasteiger charge is -1.96. The molecule has 0 fully saturated rings. The number of aromatic amines is 1. The number of hydrogen-bond acceptors (Lipinski definition) is 2. The standard InChI is InChI=1S/C11H11NOS/c1-7(13)10-6-8-9(12-10)4-3-5-11(8)14-2/h3-6,12H,1-2H3. The lowest BCUT2D eigenvalue weighted by atomic mass is 10.2. The van der Waals surface area contributed by atoms with Gasteiger partial charge in [0.1, 0.15) is 0 Å². The molecule has 1 aromatic heterocycles. The minimum Gasteiger partial charge on any atom is -0.352 e. The third kappa shape index (κ3) is 1.44. The summed E-state index contributed by atoms with van der Waals surface area (Å²) < 4.78 is 0. The minimum atomic E-state index is 0.0771. The molecule has 72 valence electrons. The van der Waals surface area contributed by atoms with E-state index in [-0.39, 0.29) is 5.78 Å². The molecule has 0 bridgehead atoms. The van der Waals surface area contributed by atoms with Crippen LogP contribution in [0, 0.1) is 0 Å². The number of aromatic nitrogens is 1. The average Bonchev–Trinajstić information content (AvgIpc) is 2.60. The molecular weight excluding hydrogens is 194 g/mol. The number of nitrogens with one attached hydrogen (secondary N) is 1. The van der Waals surface area contributed by atoms with E-state index in [1.165, 1.54) is 4.90 Å². The molecular formula is C11H11NOS. The largest absolute Gasteiger partial charge is 0.352 e. The lowest BCUT2D eigenvalue weighted by molar-refractivity contribution is 0.101. The zero-order valence-electron chi connectivity index (χ0n) is 8.13. The van der Waals surface area contributed by atoms with Gasteiger partial charge >= 0.3 is 0 Å². The number of ketones is 1. The van der Waals surface area contributed by atoms with E-state index < -0.39 is 0 Å². The molecule has 0 saturated heterocycles. The quantitative estimate of drug-likeness (QED) is 0.603. The number of fused-ring (bicyclic) bond motifs is 1. The fourth-order valence-electron chi connectivity index (χ4n) is 1.50. The summed E-state index contributed by atoms with van der Waals surface area (Å²) in [6.45, 7) is 1.57. The normalized spacial score (nSPS) is 10.7. The second-order valence-corrected chi connectivity index (χ2v) is 4.01. The first-order valence-electron chi connectivity index (χ1n) is 4.39. The van der Waals surface area contributed by atoms with Crippen molar-refractivity contribution in [1.29, 1.82) is 0 Å². The van der Waals surface area contributed by atoms with Crippen LogP contribution >= 0.6 is 11.8 Å². The average molecular weight is 205 g/mol. The third-order valence-electron chi connectivity index (χ3n) is 2.22.